The van der Waals surface area contributed by atoms with Crippen LogP contribution in [0.3, 0.4) is 0 Å². The van der Waals surface area contributed by atoms with Crippen molar-refractivity contribution >= 4 is 17.9 Å². The maximum absolute atomic E-state index is 14.3. The molecule has 11 heteroatoms. The number of aromatic amines is 1. The summed E-state index contributed by atoms with van der Waals surface area (Å²) in [5.41, 5.74) is 0.519. The number of hydrogen-bond acceptors (Lipinski definition) is 6. The first-order chi connectivity index (χ1) is 15.8. The lowest BCUT2D eigenvalue weighted by atomic mass is 10.0. The zero-order valence-electron chi connectivity index (χ0n) is 18.1. The molecular formula is C22H26F3N7O. The molecule has 33 heavy (non-hydrogen) atoms. The second-order valence-corrected chi connectivity index (χ2v) is 8.25. The highest BCUT2D eigenvalue weighted by atomic mass is 19.1. The molecule has 0 bridgehead atoms. The van der Waals surface area contributed by atoms with E-state index >= 15 is 0 Å². The molecule has 0 aliphatic carbocycles. The van der Waals surface area contributed by atoms with Gasteiger partial charge in [-0.2, -0.15) is 5.10 Å². The number of aliphatic imine (C=N–C) groups is 1. The largest absolute Gasteiger partial charge is 0.391 e. The second-order valence-electron chi connectivity index (χ2n) is 8.25. The number of nitrogens with one attached hydrogen (secondary N) is 2. The number of aliphatic hydroxyl groups excluding tert-OH is 1. The number of aromatic nitrogens is 2. The molecule has 2 aliphatic heterocycles. The summed E-state index contributed by atoms with van der Waals surface area (Å²) in [5, 5.41) is 24.3. The fourth-order valence-electron chi connectivity index (χ4n) is 4.26. The Balaban J connectivity index is 1.53. The summed E-state index contributed by atoms with van der Waals surface area (Å²) >= 11 is 0. The Morgan fingerprint density at radius 3 is 2.79 bits per heavy atom. The topological polar surface area (TPSA) is 104 Å². The van der Waals surface area contributed by atoms with Crippen molar-refractivity contribution in [2.24, 2.45) is 9.98 Å². The van der Waals surface area contributed by atoms with Crippen LogP contribution in [0.15, 0.2) is 40.3 Å². The molecule has 0 spiro atoms. The lowest BCUT2D eigenvalue weighted by Gasteiger charge is -2.25. The van der Waals surface area contributed by atoms with Gasteiger partial charge >= 0.3 is 0 Å². The lowest BCUT2D eigenvalue weighted by Crippen LogP contribution is -2.31. The Morgan fingerprint density at radius 1 is 1.30 bits per heavy atom. The van der Waals surface area contributed by atoms with E-state index in [1.165, 1.54) is 0 Å². The van der Waals surface area contributed by atoms with E-state index < -0.39 is 36.1 Å². The standard InChI is InChI=1S/C22H26F3N7O/c1-13(28-22(10-26)31-7-6-16(33)12-31)27-20-4-5-21(30-29-20)32-11-15(24)9-19(32)17-8-14(23)2-3-18(17)25/h2-5,8,10,13,15-16,19,26,33H,6-7,9,11-12H2,1H3,(H,27,29)/b26-10?,28-22+/t13?,15-,16-,19+/m0/s1. The highest BCUT2D eigenvalue weighted by Crippen LogP contribution is 2.37. The minimum absolute atomic E-state index is 0.0169. The Labute approximate surface area is 189 Å². The number of β-amino-alcohol motifs (C(OH)–C–C–N with tert-alkyl or cyclic N) is 1. The lowest BCUT2D eigenvalue weighted by molar-refractivity contribution is 0.188. The Morgan fingerprint density at radius 2 is 2.12 bits per heavy atom. The van der Waals surface area contributed by atoms with Crippen molar-refractivity contribution in [3.63, 3.8) is 0 Å². The van der Waals surface area contributed by atoms with E-state index in [0.717, 1.165) is 24.4 Å². The van der Waals surface area contributed by atoms with Crippen molar-refractivity contribution < 1.29 is 18.3 Å². The number of nitrogens with zero attached hydrogens (tertiary/aromatic N) is 5. The average molecular weight is 461 g/mol. The first-order valence-electron chi connectivity index (χ1n) is 10.8. The highest BCUT2D eigenvalue weighted by molar-refractivity contribution is 6.28. The molecule has 176 valence electrons. The minimum Gasteiger partial charge on any atom is -0.391 e. The monoisotopic (exact) mass is 461 g/mol. The van der Waals surface area contributed by atoms with Crippen LogP contribution < -0.4 is 10.4 Å². The van der Waals surface area contributed by atoms with Crippen LogP contribution in [0, 0.1) is 17.0 Å². The maximum atomic E-state index is 14.3. The van der Waals surface area contributed by atoms with Crippen LogP contribution >= 0.6 is 0 Å². The summed E-state index contributed by atoms with van der Waals surface area (Å²) in [4.78, 5) is 12.3. The van der Waals surface area contributed by atoms with Crippen molar-refractivity contribution in [1.29, 1.82) is 5.41 Å². The third-order valence-electron chi connectivity index (χ3n) is 5.80. The van der Waals surface area contributed by atoms with Gasteiger partial charge in [-0.1, -0.05) is 0 Å². The van der Waals surface area contributed by atoms with E-state index in [0.29, 0.717) is 36.7 Å². The van der Waals surface area contributed by atoms with Crippen LogP contribution in [0.2, 0.25) is 0 Å². The van der Waals surface area contributed by atoms with Gasteiger partial charge in [0, 0.05) is 25.1 Å². The first-order valence-corrected chi connectivity index (χ1v) is 10.8. The van der Waals surface area contributed by atoms with E-state index in [-0.39, 0.29) is 18.5 Å². The third kappa shape index (κ3) is 5.24. The Bertz CT molecular complexity index is 1090. The van der Waals surface area contributed by atoms with Crippen molar-refractivity contribution in [3.8, 4) is 0 Å². The van der Waals surface area contributed by atoms with Gasteiger partial charge in [0.15, 0.2) is 0 Å². The third-order valence-corrected chi connectivity index (χ3v) is 5.80. The van der Waals surface area contributed by atoms with E-state index in [9.17, 15) is 18.3 Å². The molecule has 0 amide bonds. The number of amidine groups is 1. The summed E-state index contributed by atoms with van der Waals surface area (Å²) < 4.78 is 42.2. The van der Waals surface area contributed by atoms with Gasteiger partial charge in [0.05, 0.1) is 24.9 Å². The minimum atomic E-state index is -1.19. The van der Waals surface area contributed by atoms with Gasteiger partial charge in [-0.05, 0) is 43.7 Å². The van der Waals surface area contributed by atoms with Gasteiger partial charge in [0.2, 0.25) is 0 Å². The van der Waals surface area contributed by atoms with Gasteiger partial charge < -0.3 is 20.3 Å². The molecular weight excluding hydrogens is 435 g/mol. The fourth-order valence-corrected chi connectivity index (χ4v) is 4.26. The van der Waals surface area contributed by atoms with Gasteiger partial charge in [-0.15, -0.1) is 0 Å². The van der Waals surface area contributed by atoms with Crippen LogP contribution in [-0.2, 0) is 0 Å². The molecule has 2 fully saturated rings. The number of benzene rings is 1. The molecule has 2 aromatic rings. The summed E-state index contributed by atoms with van der Waals surface area (Å²) in [7, 11) is 0. The van der Waals surface area contributed by atoms with Crippen molar-refractivity contribution in [1.82, 2.24) is 15.1 Å². The molecule has 4 atom stereocenters. The number of halogens is 3. The predicted molar refractivity (Wildman–Crippen MR) is 118 cm³/mol. The molecule has 1 unspecified atom stereocenters. The number of likely N-dealkylation sites (tertiary alicyclic amines) is 1. The maximum Gasteiger partial charge on any atom is 0.149 e. The second kappa shape index (κ2) is 9.74. The summed E-state index contributed by atoms with van der Waals surface area (Å²) in [6, 6.07) is 5.80. The fraction of sp³-hybridized carbons (Fsp3) is 0.455. The van der Waals surface area contributed by atoms with Crippen LogP contribution in [0.5, 0.6) is 0 Å². The van der Waals surface area contributed by atoms with Gasteiger partial charge in [-0.25, -0.2) is 23.2 Å². The number of rotatable bonds is 5. The molecule has 8 nitrogen and oxygen atoms in total. The molecule has 1 aromatic carbocycles. The molecule has 1 aromatic heterocycles. The quantitative estimate of drug-likeness (QED) is 0.470. The number of aliphatic hydroxyl groups is 1. The number of alkyl halides is 1. The van der Waals surface area contributed by atoms with Gasteiger partial charge in [0.25, 0.3) is 0 Å². The van der Waals surface area contributed by atoms with Crippen molar-refractivity contribution in [2.75, 3.05) is 24.5 Å². The van der Waals surface area contributed by atoms with Gasteiger partial charge in [0.1, 0.15) is 41.1 Å². The number of anilines is 1. The smallest absolute Gasteiger partial charge is 0.149 e. The molecule has 0 radical (unpaired) electrons. The molecule has 3 N–H and O–H groups in total. The van der Waals surface area contributed by atoms with Crippen molar-refractivity contribution in [3.05, 3.63) is 53.0 Å². The van der Waals surface area contributed by atoms with E-state index in [1.54, 1.807) is 24.0 Å². The summed E-state index contributed by atoms with van der Waals surface area (Å²) in [6.07, 6.45) is -0.319. The summed E-state index contributed by atoms with van der Waals surface area (Å²) in [6.45, 7) is 2.84. The first kappa shape index (κ1) is 23.0. The van der Waals surface area contributed by atoms with Crippen LogP contribution in [0.25, 0.3) is 0 Å². The van der Waals surface area contributed by atoms with E-state index in [1.807, 2.05) is 4.90 Å². The van der Waals surface area contributed by atoms with Crippen LogP contribution in [0.4, 0.5) is 19.0 Å². The zero-order valence-corrected chi connectivity index (χ0v) is 18.1. The molecule has 4 rings (SSSR count). The van der Waals surface area contributed by atoms with E-state index in [2.05, 4.69) is 20.2 Å². The average Bonchev–Trinajstić information content (AvgIpc) is 3.40. The van der Waals surface area contributed by atoms with Crippen LogP contribution in [0.1, 0.15) is 31.4 Å². The molecule has 0 saturated carbocycles. The number of H-pyrrole nitrogens is 1. The molecule has 3 heterocycles. The molecule has 2 saturated heterocycles. The summed E-state index contributed by atoms with van der Waals surface area (Å²) in [5.74, 6) is -0.330. The highest BCUT2D eigenvalue weighted by Gasteiger charge is 2.36. The zero-order chi connectivity index (χ0) is 23.5. The Kier molecular flexibility index (Phi) is 6.77. The normalized spacial score (nSPS) is 25.1. The van der Waals surface area contributed by atoms with Crippen LogP contribution in [-0.4, -0.2) is 70.3 Å². The van der Waals surface area contributed by atoms with Gasteiger partial charge in [-0.3, -0.25) is 5.10 Å². The number of hydrogen-bond donors (Lipinski definition) is 3. The Hall–Kier alpha value is -3.21. The predicted octanol–water partition coefficient (Wildman–Crippen LogP) is 2.34. The molecule has 2 aliphatic rings. The SMILES string of the molecule is CC(/N=c1/ccc(N2C[C@@H](F)C[C@@H]2c2cc(F)ccc2F)n[nH]1)/N=C(\C=N)N1CC[C@H](O)C1. The van der Waals surface area contributed by atoms with E-state index in [4.69, 9.17) is 5.41 Å². The van der Waals surface area contributed by atoms with Crippen molar-refractivity contribution in [2.45, 2.75) is 44.2 Å².